The summed E-state index contributed by atoms with van der Waals surface area (Å²) in [4.78, 5) is 14.2. The third-order valence-corrected chi connectivity index (χ3v) is 2.96. The molecule has 2 rings (SSSR count). The summed E-state index contributed by atoms with van der Waals surface area (Å²) in [5, 5.41) is 13.9. The van der Waals surface area contributed by atoms with Crippen molar-refractivity contribution in [2.45, 2.75) is 12.5 Å². The average Bonchev–Trinajstić information content (AvgIpc) is 2.73. The van der Waals surface area contributed by atoms with Crippen molar-refractivity contribution in [2.75, 3.05) is 18.5 Å². The van der Waals surface area contributed by atoms with Gasteiger partial charge in [0.2, 0.25) is 0 Å². The van der Waals surface area contributed by atoms with Crippen LogP contribution in [0.4, 0.5) is 11.4 Å². The Labute approximate surface area is 100 Å². The van der Waals surface area contributed by atoms with Crippen LogP contribution in [0, 0.1) is 10.1 Å². The lowest BCUT2D eigenvalue weighted by Crippen LogP contribution is -2.20. The van der Waals surface area contributed by atoms with Crippen molar-refractivity contribution in [1.82, 2.24) is 4.98 Å². The molecule has 1 atom stereocenters. The molecule has 0 radical (unpaired) electrons. The van der Waals surface area contributed by atoms with E-state index in [1.54, 1.807) is 0 Å². The maximum Gasteiger partial charge on any atom is 0.311 e. The molecule has 7 heteroatoms. The van der Waals surface area contributed by atoms with E-state index in [-0.39, 0.29) is 11.7 Å². The van der Waals surface area contributed by atoms with Crippen LogP contribution >= 0.6 is 15.9 Å². The molecule has 0 saturated carbocycles. The summed E-state index contributed by atoms with van der Waals surface area (Å²) >= 11 is 3.25. The molecular formula is C9H10BrN3O3. The third kappa shape index (κ3) is 2.30. The van der Waals surface area contributed by atoms with Gasteiger partial charge in [0, 0.05) is 12.8 Å². The highest BCUT2D eigenvalue weighted by atomic mass is 79.9. The van der Waals surface area contributed by atoms with Crippen LogP contribution in [0.25, 0.3) is 0 Å². The van der Waals surface area contributed by atoms with Crippen molar-refractivity contribution in [1.29, 1.82) is 0 Å². The summed E-state index contributed by atoms with van der Waals surface area (Å²) in [6.45, 7) is 1.26. The Morgan fingerprint density at radius 3 is 3.06 bits per heavy atom. The van der Waals surface area contributed by atoms with Gasteiger partial charge in [-0.05, 0) is 22.4 Å². The molecule has 1 aliphatic heterocycles. The molecule has 1 aliphatic rings. The quantitative estimate of drug-likeness (QED) is 0.679. The van der Waals surface area contributed by atoms with Crippen molar-refractivity contribution in [3.05, 3.63) is 27.0 Å². The highest BCUT2D eigenvalue weighted by Crippen LogP contribution is 2.32. The first kappa shape index (κ1) is 11.3. The van der Waals surface area contributed by atoms with Gasteiger partial charge in [-0.1, -0.05) is 0 Å². The second kappa shape index (κ2) is 4.75. The minimum absolute atomic E-state index is 0.0266. The van der Waals surface area contributed by atoms with Gasteiger partial charge in [0.1, 0.15) is 11.9 Å². The maximum atomic E-state index is 10.8. The Bertz CT molecular complexity index is 407. The van der Waals surface area contributed by atoms with E-state index in [0.29, 0.717) is 23.4 Å². The molecule has 1 saturated heterocycles. The van der Waals surface area contributed by atoms with Crippen LogP contribution in [0.1, 0.15) is 6.42 Å². The Morgan fingerprint density at radius 2 is 2.44 bits per heavy atom. The Hall–Kier alpha value is -1.21. The Balaban J connectivity index is 2.26. The number of pyridine rings is 1. The van der Waals surface area contributed by atoms with E-state index in [4.69, 9.17) is 4.74 Å². The first-order valence-electron chi connectivity index (χ1n) is 4.80. The monoisotopic (exact) mass is 287 g/mol. The largest absolute Gasteiger partial charge is 0.379 e. The molecule has 1 fully saturated rings. The summed E-state index contributed by atoms with van der Waals surface area (Å²) in [6, 6.07) is 0.123. The van der Waals surface area contributed by atoms with Crippen LogP contribution in [0.5, 0.6) is 0 Å². The number of rotatable bonds is 3. The van der Waals surface area contributed by atoms with Gasteiger partial charge in [-0.25, -0.2) is 0 Å². The molecule has 86 valence electrons. The molecule has 0 amide bonds. The normalized spacial score (nSPS) is 19.7. The second-order valence-electron chi connectivity index (χ2n) is 3.48. The van der Waals surface area contributed by atoms with Gasteiger partial charge in [0.25, 0.3) is 0 Å². The molecule has 0 aromatic carbocycles. The zero-order valence-electron chi connectivity index (χ0n) is 8.35. The highest BCUT2D eigenvalue weighted by Gasteiger charge is 2.22. The first-order chi connectivity index (χ1) is 7.68. The van der Waals surface area contributed by atoms with Crippen molar-refractivity contribution in [2.24, 2.45) is 0 Å². The van der Waals surface area contributed by atoms with Crippen molar-refractivity contribution >= 4 is 27.3 Å². The van der Waals surface area contributed by atoms with Gasteiger partial charge >= 0.3 is 5.69 Å². The van der Waals surface area contributed by atoms with Gasteiger partial charge < -0.3 is 10.1 Å². The molecule has 16 heavy (non-hydrogen) atoms. The minimum Gasteiger partial charge on any atom is -0.379 e. The van der Waals surface area contributed by atoms with Crippen LogP contribution in [0.3, 0.4) is 0 Å². The average molecular weight is 288 g/mol. The van der Waals surface area contributed by atoms with E-state index in [1.807, 2.05) is 0 Å². The number of anilines is 1. The van der Waals surface area contributed by atoms with E-state index in [2.05, 4.69) is 26.2 Å². The van der Waals surface area contributed by atoms with E-state index in [1.165, 1.54) is 12.4 Å². The first-order valence-corrected chi connectivity index (χ1v) is 5.60. The van der Waals surface area contributed by atoms with E-state index in [0.717, 1.165) is 6.42 Å². The lowest BCUT2D eigenvalue weighted by molar-refractivity contribution is -0.384. The number of hydrogen-bond acceptors (Lipinski definition) is 5. The standard InChI is InChI=1S/C9H10BrN3O3/c10-7-3-11-4-8(13(14)15)9(7)12-6-1-2-16-5-6/h3-4,6H,1-2,5H2,(H,11,12). The highest BCUT2D eigenvalue weighted by molar-refractivity contribution is 9.10. The smallest absolute Gasteiger partial charge is 0.311 e. The lowest BCUT2D eigenvalue weighted by atomic mass is 10.2. The zero-order chi connectivity index (χ0) is 11.5. The van der Waals surface area contributed by atoms with Gasteiger partial charge in [0.15, 0.2) is 0 Å². The fourth-order valence-corrected chi connectivity index (χ4v) is 1.99. The number of nitrogens with one attached hydrogen (secondary N) is 1. The molecular weight excluding hydrogens is 278 g/mol. The molecule has 6 nitrogen and oxygen atoms in total. The van der Waals surface area contributed by atoms with Crippen molar-refractivity contribution in [3.8, 4) is 0 Å². The Kier molecular flexibility index (Phi) is 3.35. The molecule has 2 heterocycles. The van der Waals surface area contributed by atoms with E-state index < -0.39 is 4.92 Å². The summed E-state index contributed by atoms with van der Waals surface area (Å²) in [7, 11) is 0. The van der Waals surface area contributed by atoms with Crippen molar-refractivity contribution in [3.63, 3.8) is 0 Å². The molecule has 0 bridgehead atoms. The predicted octanol–water partition coefficient (Wildman–Crippen LogP) is 1.95. The topological polar surface area (TPSA) is 77.3 Å². The van der Waals surface area contributed by atoms with Crippen LogP contribution in [-0.2, 0) is 4.74 Å². The Morgan fingerprint density at radius 1 is 1.62 bits per heavy atom. The number of aromatic nitrogens is 1. The molecule has 0 aliphatic carbocycles. The number of ether oxygens (including phenoxy) is 1. The van der Waals surface area contributed by atoms with Gasteiger partial charge in [-0.15, -0.1) is 0 Å². The lowest BCUT2D eigenvalue weighted by Gasteiger charge is -2.13. The van der Waals surface area contributed by atoms with Crippen LogP contribution < -0.4 is 5.32 Å². The van der Waals surface area contributed by atoms with Crippen LogP contribution in [-0.4, -0.2) is 29.2 Å². The number of halogens is 1. The number of nitro groups is 1. The van der Waals surface area contributed by atoms with Crippen molar-refractivity contribution < 1.29 is 9.66 Å². The van der Waals surface area contributed by atoms with Gasteiger partial charge in [0.05, 0.1) is 22.0 Å². The summed E-state index contributed by atoms with van der Waals surface area (Å²) in [5.41, 5.74) is 0.441. The number of nitrogens with zero attached hydrogens (tertiary/aromatic N) is 2. The van der Waals surface area contributed by atoms with E-state index >= 15 is 0 Å². The zero-order valence-corrected chi connectivity index (χ0v) is 9.94. The maximum absolute atomic E-state index is 10.8. The fraction of sp³-hybridized carbons (Fsp3) is 0.444. The van der Waals surface area contributed by atoms with Crippen LogP contribution in [0.2, 0.25) is 0 Å². The second-order valence-corrected chi connectivity index (χ2v) is 4.33. The SMILES string of the molecule is O=[N+]([O-])c1cncc(Br)c1NC1CCOC1. The summed E-state index contributed by atoms with van der Waals surface area (Å²) < 4.78 is 5.80. The molecule has 1 N–H and O–H groups in total. The molecule has 0 spiro atoms. The summed E-state index contributed by atoms with van der Waals surface area (Å²) in [6.07, 6.45) is 3.62. The fourth-order valence-electron chi connectivity index (χ4n) is 1.56. The van der Waals surface area contributed by atoms with E-state index in [9.17, 15) is 10.1 Å². The summed E-state index contributed by atoms with van der Waals surface area (Å²) in [5.74, 6) is 0. The van der Waals surface area contributed by atoms with Crippen LogP contribution in [0.15, 0.2) is 16.9 Å². The molecule has 1 aromatic heterocycles. The minimum atomic E-state index is -0.449. The van der Waals surface area contributed by atoms with Gasteiger partial charge in [-0.3, -0.25) is 15.1 Å². The van der Waals surface area contributed by atoms with Gasteiger partial charge in [-0.2, -0.15) is 0 Å². The molecule has 1 aromatic rings. The third-order valence-electron chi connectivity index (χ3n) is 2.35. The number of hydrogen-bond donors (Lipinski definition) is 1. The predicted molar refractivity (Wildman–Crippen MR) is 61.4 cm³/mol. The molecule has 1 unspecified atom stereocenters.